The third-order valence-corrected chi connectivity index (χ3v) is 15.0. The predicted molar refractivity (Wildman–Crippen MR) is 193 cm³/mol. The highest BCUT2D eigenvalue weighted by Gasteiger charge is 2.52. The van der Waals surface area contributed by atoms with Gasteiger partial charge in [0, 0.05) is 21.9 Å². The van der Waals surface area contributed by atoms with Crippen molar-refractivity contribution >= 4 is 53.8 Å². The average Bonchev–Trinajstić information content (AvgIpc) is 3.05. The summed E-state index contributed by atoms with van der Waals surface area (Å²) >= 11 is 12.8. The number of likely N-dealkylation sites (tertiary alicyclic amines) is 1. The van der Waals surface area contributed by atoms with Gasteiger partial charge in [-0.1, -0.05) is 136 Å². The number of aliphatic carboxylic acids is 1. The minimum absolute atomic E-state index is 0.163. The molecule has 0 radical (unpaired) electrons. The first-order chi connectivity index (χ1) is 22.5. The van der Waals surface area contributed by atoms with E-state index in [0.29, 0.717) is 29.5 Å². The summed E-state index contributed by atoms with van der Waals surface area (Å²) < 4.78 is 7.39. The lowest BCUT2D eigenvalue weighted by molar-refractivity contribution is -0.153. The molecule has 47 heavy (non-hydrogen) atoms. The number of benzene rings is 4. The fourth-order valence-electron chi connectivity index (χ4n) is 7.35. The summed E-state index contributed by atoms with van der Waals surface area (Å²) in [6, 6.07) is 35.5. The SMILES string of the molecule is CCC(CO[Si](c1ccccc1)(c1ccccc1)C(C)(C)C)N1C(=O)[C@H](CC(=O)O)C[C@H](c2cccc(Cl)c2)[C@H]1c1ccc(Cl)cc1. The molecule has 0 spiro atoms. The molecule has 5 rings (SSSR count). The summed E-state index contributed by atoms with van der Waals surface area (Å²) in [6.07, 6.45) is 0.767. The van der Waals surface area contributed by atoms with E-state index >= 15 is 0 Å². The van der Waals surface area contributed by atoms with Crippen molar-refractivity contribution < 1.29 is 19.1 Å². The molecule has 1 amide bonds. The predicted octanol–water partition coefficient (Wildman–Crippen LogP) is 8.50. The second-order valence-electron chi connectivity index (χ2n) is 13.5. The van der Waals surface area contributed by atoms with Crippen LogP contribution >= 0.6 is 23.2 Å². The maximum atomic E-state index is 14.6. The topological polar surface area (TPSA) is 66.8 Å². The molecule has 0 aromatic heterocycles. The van der Waals surface area contributed by atoms with Crippen LogP contribution in [0.4, 0.5) is 0 Å². The fourth-order valence-corrected chi connectivity index (χ4v) is 12.3. The van der Waals surface area contributed by atoms with E-state index < -0.39 is 20.2 Å². The van der Waals surface area contributed by atoms with E-state index in [4.69, 9.17) is 27.6 Å². The van der Waals surface area contributed by atoms with Gasteiger partial charge in [0.2, 0.25) is 5.91 Å². The highest BCUT2D eigenvalue weighted by Crippen LogP contribution is 2.48. The Hall–Kier alpha value is -3.42. The zero-order valence-corrected chi connectivity index (χ0v) is 29.9. The van der Waals surface area contributed by atoms with Crippen molar-refractivity contribution in [2.75, 3.05) is 6.61 Å². The zero-order valence-electron chi connectivity index (χ0n) is 27.4. The van der Waals surface area contributed by atoms with Gasteiger partial charge in [-0.3, -0.25) is 9.59 Å². The smallest absolute Gasteiger partial charge is 0.304 e. The fraction of sp³-hybridized carbons (Fsp3) is 0.333. The monoisotopic (exact) mass is 687 g/mol. The minimum atomic E-state index is -2.92. The Balaban J connectivity index is 1.65. The number of rotatable bonds is 11. The number of piperidine rings is 1. The quantitative estimate of drug-likeness (QED) is 0.161. The Morgan fingerprint density at radius 1 is 0.872 bits per heavy atom. The summed E-state index contributed by atoms with van der Waals surface area (Å²) in [4.78, 5) is 28.6. The number of carboxylic acid groups (broad SMARTS) is 1. The third kappa shape index (κ3) is 7.36. The number of carboxylic acids is 1. The molecule has 1 N–H and O–H groups in total. The molecule has 246 valence electrons. The van der Waals surface area contributed by atoms with E-state index in [0.717, 1.165) is 21.5 Å². The molecule has 1 unspecified atom stereocenters. The van der Waals surface area contributed by atoms with Gasteiger partial charge in [-0.25, -0.2) is 0 Å². The van der Waals surface area contributed by atoms with Crippen LogP contribution in [0.1, 0.15) is 70.0 Å². The molecule has 1 fully saturated rings. The average molecular weight is 689 g/mol. The van der Waals surface area contributed by atoms with Gasteiger partial charge in [-0.15, -0.1) is 0 Å². The van der Waals surface area contributed by atoms with Crippen molar-refractivity contribution in [1.82, 2.24) is 4.90 Å². The van der Waals surface area contributed by atoms with E-state index in [1.165, 1.54) is 0 Å². The number of carbonyl (C=O) groups excluding carboxylic acids is 1. The van der Waals surface area contributed by atoms with Crippen molar-refractivity contribution in [3.63, 3.8) is 0 Å². The Morgan fingerprint density at radius 3 is 1.98 bits per heavy atom. The zero-order chi connectivity index (χ0) is 33.8. The van der Waals surface area contributed by atoms with Gasteiger partial charge in [0.15, 0.2) is 0 Å². The van der Waals surface area contributed by atoms with Gasteiger partial charge < -0.3 is 14.4 Å². The second-order valence-corrected chi connectivity index (χ2v) is 18.6. The molecular formula is C39H43Cl2NO4Si. The molecule has 8 heteroatoms. The van der Waals surface area contributed by atoms with Crippen LogP contribution in [-0.4, -0.2) is 42.8 Å². The molecule has 4 aromatic rings. The molecule has 4 atom stereocenters. The van der Waals surface area contributed by atoms with E-state index in [1.54, 1.807) is 0 Å². The third-order valence-electron chi connectivity index (χ3n) is 9.51. The van der Waals surface area contributed by atoms with E-state index in [1.807, 2.05) is 65.6 Å². The number of hydrogen-bond acceptors (Lipinski definition) is 3. The van der Waals surface area contributed by atoms with Crippen molar-refractivity contribution in [1.29, 1.82) is 0 Å². The maximum Gasteiger partial charge on any atom is 0.304 e. The Kier molecular flexibility index (Phi) is 11.0. The molecule has 0 bridgehead atoms. The lowest BCUT2D eigenvalue weighted by Crippen LogP contribution is -2.67. The van der Waals surface area contributed by atoms with Crippen LogP contribution in [-0.2, 0) is 14.0 Å². The standard InChI is InChI=1S/C39H43Cl2NO4Si/c1-5-32(26-46-47(39(2,3)4,33-15-8-6-9-16-33)34-17-10-7-11-18-34)42-37(27-19-21-30(40)22-20-27)35(28-13-12-14-31(41)23-28)24-29(38(42)45)25-36(43)44/h6-23,29,32,35,37H,5,24-26H2,1-4H3,(H,43,44)/t29-,32?,35+,37+/m0/s1. The van der Waals surface area contributed by atoms with Gasteiger partial charge >= 0.3 is 5.97 Å². The van der Waals surface area contributed by atoms with E-state index in [9.17, 15) is 14.7 Å². The van der Waals surface area contributed by atoms with Gasteiger partial charge in [0.1, 0.15) is 0 Å². The maximum absolute atomic E-state index is 14.6. The molecule has 1 aliphatic heterocycles. The van der Waals surface area contributed by atoms with Crippen molar-refractivity contribution in [2.45, 2.75) is 70.0 Å². The van der Waals surface area contributed by atoms with Crippen LogP contribution in [0.25, 0.3) is 0 Å². The summed E-state index contributed by atoms with van der Waals surface area (Å²) in [5, 5.41) is 13.2. The Labute approximate surface area is 289 Å². The molecule has 4 aromatic carbocycles. The first-order valence-electron chi connectivity index (χ1n) is 16.3. The summed E-state index contributed by atoms with van der Waals surface area (Å²) in [7, 11) is -2.92. The molecule has 1 heterocycles. The van der Waals surface area contributed by atoms with Crippen LogP contribution in [0, 0.1) is 5.92 Å². The largest absolute Gasteiger partial charge is 0.481 e. The van der Waals surface area contributed by atoms with Gasteiger partial charge in [0.25, 0.3) is 8.32 Å². The lowest BCUT2D eigenvalue weighted by atomic mass is 9.74. The first kappa shape index (κ1) is 34.9. The van der Waals surface area contributed by atoms with Crippen LogP contribution in [0.5, 0.6) is 0 Å². The number of hydrogen-bond donors (Lipinski definition) is 1. The Morgan fingerprint density at radius 2 is 1.47 bits per heavy atom. The molecular weight excluding hydrogens is 645 g/mol. The van der Waals surface area contributed by atoms with Crippen LogP contribution in [0.3, 0.4) is 0 Å². The van der Waals surface area contributed by atoms with Crippen LogP contribution < -0.4 is 10.4 Å². The van der Waals surface area contributed by atoms with Crippen molar-refractivity contribution in [3.8, 4) is 0 Å². The van der Waals surface area contributed by atoms with Crippen LogP contribution in [0.15, 0.2) is 109 Å². The molecule has 1 saturated heterocycles. The molecule has 1 aliphatic rings. The van der Waals surface area contributed by atoms with Crippen molar-refractivity contribution in [3.05, 3.63) is 130 Å². The van der Waals surface area contributed by atoms with Crippen LogP contribution in [0.2, 0.25) is 15.1 Å². The molecule has 0 aliphatic carbocycles. The number of nitrogens with zero attached hydrogens (tertiary/aromatic N) is 1. The second kappa shape index (κ2) is 14.8. The van der Waals surface area contributed by atoms with E-state index in [-0.39, 0.29) is 35.4 Å². The van der Waals surface area contributed by atoms with Crippen molar-refractivity contribution in [2.24, 2.45) is 5.92 Å². The lowest BCUT2D eigenvalue weighted by Gasteiger charge is -2.50. The van der Waals surface area contributed by atoms with Gasteiger partial charge in [-0.05, 0) is 63.6 Å². The number of halogens is 2. The highest BCUT2D eigenvalue weighted by atomic mass is 35.5. The Bertz CT molecular complexity index is 1620. The van der Waals surface area contributed by atoms with Gasteiger partial charge in [0.05, 0.1) is 25.1 Å². The van der Waals surface area contributed by atoms with Gasteiger partial charge in [-0.2, -0.15) is 0 Å². The van der Waals surface area contributed by atoms with E-state index in [2.05, 4.69) is 76.2 Å². The summed E-state index contributed by atoms with van der Waals surface area (Å²) in [5.74, 6) is -2.04. The summed E-state index contributed by atoms with van der Waals surface area (Å²) in [5.41, 5.74) is 1.90. The first-order valence-corrected chi connectivity index (χ1v) is 18.9. The summed E-state index contributed by atoms with van der Waals surface area (Å²) in [6.45, 7) is 9.07. The minimum Gasteiger partial charge on any atom is -0.481 e. The number of carbonyl (C=O) groups is 2. The molecule has 5 nitrogen and oxygen atoms in total. The highest BCUT2D eigenvalue weighted by molar-refractivity contribution is 6.99. The normalized spacial score (nSPS) is 19.4. The molecule has 0 saturated carbocycles. The number of amides is 1.